The third-order valence-electron chi connectivity index (χ3n) is 4.35. The van der Waals surface area contributed by atoms with Gasteiger partial charge in [-0.05, 0) is 43.4 Å². The Morgan fingerprint density at radius 1 is 1.17 bits per heavy atom. The van der Waals surface area contributed by atoms with Gasteiger partial charge in [0.05, 0.1) is 0 Å². The molecule has 0 aromatic heterocycles. The Morgan fingerprint density at radius 3 is 2.56 bits per heavy atom. The summed E-state index contributed by atoms with van der Waals surface area (Å²) in [4.78, 5) is 0. The van der Waals surface area contributed by atoms with E-state index in [-0.39, 0.29) is 0 Å². The van der Waals surface area contributed by atoms with Crippen LogP contribution in [0.25, 0.3) is 0 Å². The van der Waals surface area contributed by atoms with E-state index in [1.54, 1.807) is 0 Å². The topological polar surface area (TPSA) is 26.0 Å². The van der Waals surface area contributed by atoms with Gasteiger partial charge in [0.1, 0.15) is 0 Å². The zero-order chi connectivity index (χ0) is 13.4. The van der Waals surface area contributed by atoms with Gasteiger partial charge in [-0.2, -0.15) is 0 Å². The molecule has 1 nitrogen and oxygen atoms in total. The van der Waals surface area contributed by atoms with Gasteiger partial charge in [0, 0.05) is 6.04 Å². The van der Waals surface area contributed by atoms with Gasteiger partial charge in [-0.25, -0.2) is 0 Å². The summed E-state index contributed by atoms with van der Waals surface area (Å²) in [6.45, 7) is 6.97. The standard InChI is InChI=1S/C17H33N/c1-4-5-6-7-8-9-10-11-15-12-13-17(2,3)14-16(15)18/h10-11,15-16H,4-9,12-14,18H2,1-3H3/b11-10+. The van der Waals surface area contributed by atoms with Gasteiger partial charge in [0.2, 0.25) is 0 Å². The van der Waals surface area contributed by atoms with Crippen molar-refractivity contribution in [3.05, 3.63) is 12.2 Å². The largest absolute Gasteiger partial charge is 0.327 e. The SMILES string of the molecule is CCCCCCC/C=C/C1CCC(C)(C)CC1N. The molecule has 1 fully saturated rings. The van der Waals surface area contributed by atoms with E-state index in [0.29, 0.717) is 17.4 Å². The van der Waals surface area contributed by atoms with Crippen LogP contribution in [0.15, 0.2) is 12.2 Å². The molecule has 0 saturated heterocycles. The maximum atomic E-state index is 6.28. The van der Waals surface area contributed by atoms with E-state index in [1.807, 2.05) is 0 Å². The molecule has 2 N–H and O–H groups in total. The molecule has 106 valence electrons. The van der Waals surface area contributed by atoms with E-state index in [9.17, 15) is 0 Å². The molecule has 0 spiro atoms. The predicted molar refractivity (Wildman–Crippen MR) is 81.6 cm³/mol. The molecule has 1 rings (SSSR count). The Bertz CT molecular complexity index is 242. The van der Waals surface area contributed by atoms with E-state index in [1.165, 1.54) is 57.8 Å². The van der Waals surface area contributed by atoms with E-state index in [2.05, 4.69) is 32.9 Å². The molecule has 1 heteroatoms. The van der Waals surface area contributed by atoms with Crippen LogP contribution in [0.5, 0.6) is 0 Å². The van der Waals surface area contributed by atoms with Gasteiger partial charge in [-0.15, -0.1) is 0 Å². The third-order valence-corrected chi connectivity index (χ3v) is 4.35. The number of hydrogen-bond acceptors (Lipinski definition) is 1. The van der Waals surface area contributed by atoms with Crippen LogP contribution in [-0.4, -0.2) is 6.04 Å². The summed E-state index contributed by atoms with van der Waals surface area (Å²) in [6.07, 6.45) is 16.7. The molecule has 0 aromatic rings. The van der Waals surface area contributed by atoms with Crippen molar-refractivity contribution in [3.63, 3.8) is 0 Å². The van der Waals surface area contributed by atoms with Crippen molar-refractivity contribution in [3.8, 4) is 0 Å². The average molecular weight is 251 g/mol. The van der Waals surface area contributed by atoms with E-state index >= 15 is 0 Å². The zero-order valence-electron chi connectivity index (χ0n) is 12.8. The Morgan fingerprint density at radius 2 is 1.89 bits per heavy atom. The molecule has 0 bridgehead atoms. The lowest BCUT2D eigenvalue weighted by molar-refractivity contribution is 0.187. The van der Waals surface area contributed by atoms with Crippen LogP contribution in [0.2, 0.25) is 0 Å². The number of nitrogens with two attached hydrogens (primary N) is 1. The molecule has 18 heavy (non-hydrogen) atoms. The summed E-state index contributed by atoms with van der Waals surface area (Å²) in [5.41, 5.74) is 6.75. The molecule has 2 atom stereocenters. The van der Waals surface area contributed by atoms with E-state index in [4.69, 9.17) is 5.73 Å². The van der Waals surface area contributed by atoms with E-state index in [0.717, 1.165) is 0 Å². The molecule has 2 unspecified atom stereocenters. The minimum Gasteiger partial charge on any atom is -0.327 e. The van der Waals surface area contributed by atoms with Gasteiger partial charge < -0.3 is 5.73 Å². The summed E-state index contributed by atoms with van der Waals surface area (Å²) in [6, 6.07) is 0.380. The molecule has 1 aliphatic carbocycles. The van der Waals surface area contributed by atoms with Gasteiger partial charge in [-0.1, -0.05) is 58.6 Å². The lowest BCUT2D eigenvalue weighted by Gasteiger charge is -2.37. The number of unbranched alkanes of at least 4 members (excludes halogenated alkanes) is 5. The smallest absolute Gasteiger partial charge is 0.0107 e. The number of hydrogen-bond donors (Lipinski definition) is 1. The van der Waals surface area contributed by atoms with E-state index < -0.39 is 0 Å². The molecule has 0 aromatic carbocycles. The molecule has 0 radical (unpaired) electrons. The lowest BCUT2D eigenvalue weighted by Crippen LogP contribution is -2.39. The molecular formula is C17H33N. The van der Waals surface area contributed by atoms with Gasteiger partial charge in [-0.3, -0.25) is 0 Å². The summed E-state index contributed by atoms with van der Waals surface area (Å²) in [7, 11) is 0. The summed E-state index contributed by atoms with van der Waals surface area (Å²) >= 11 is 0. The third kappa shape index (κ3) is 6.04. The minimum absolute atomic E-state index is 0.380. The van der Waals surface area contributed by atoms with Crippen molar-refractivity contribution in [2.24, 2.45) is 17.1 Å². The van der Waals surface area contributed by atoms with Crippen LogP contribution in [0.1, 0.15) is 78.6 Å². The second kappa shape index (κ2) is 7.99. The fourth-order valence-corrected chi connectivity index (χ4v) is 3.04. The maximum absolute atomic E-state index is 6.28. The fourth-order valence-electron chi connectivity index (χ4n) is 3.04. The molecule has 0 aliphatic heterocycles. The molecular weight excluding hydrogens is 218 g/mol. The first-order valence-electron chi connectivity index (χ1n) is 7.97. The van der Waals surface area contributed by atoms with Crippen LogP contribution in [0, 0.1) is 11.3 Å². The first-order valence-corrected chi connectivity index (χ1v) is 7.97. The first kappa shape index (κ1) is 15.8. The Kier molecular flexibility index (Phi) is 6.99. The summed E-state index contributed by atoms with van der Waals surface area (Å²) < 4.78 is 0. The normalized spacial score (nSPS) is 27.8. The molecule has 0 amide bonds. The van der Waals surface area contributed by atoms with Crippen molar-refractivity contribution in [2.75, 3.05) is 0 Å². The van der Waals surface area contributed by atoms with Gasteiger partial charge in [0.25, 0.3) is 0 Å². The minimum atomic E-state index is 0.380. The first-order chi connectivity index (χ1) is 8.55. The van der Waals surface area contributed by atoms with Crippen molar-refractivity contribution in [1.29, 1.82) is 0 Å². The van der Waals surface area contributed by atoms with Crippen LogP contribution in [0.4, 0.5) is 0 Å². The number of allylic oxidation sites excluding steroid dienone is 1. The summed E-state index contributed by atoms with van der Waals surface area (Å²) in [5.74, 6) is 0.633. The highest BCUT2D eigenvalue weighted by molar-refractivity contribution is 4.98. The Balaban J connectivity index is 2.14. The maximum Gasteiger partial charge on any atom is 0.0107 e. The number of rotatable bonds is 7. The van der Waals surface area contributed by atoms with Gasteiger partial charge >= 0.3 is 0 Å². The Hall–Kier alpha value is -0.300. The molecule has 1 aliphatic rings. The highest BCUT2D eigenvalue weighted by atomic mass is 14.7. The van der Waals surface area contributed by atoms with Gasteiger partial charge in [0.15, 0.2) is 0 Å². The van der Waals surface area contributed by atoms with Crippen LogP contribution in [-0.2, 0) is 0 Å². The predicted octanol–water partition coefficient (Wildman–Crippen LogP) is 5.06. The lowest BCUT2D eigenvalue weighted by atomic mass is 9.70. The highest BCUT2D eigenvalue weighted by Crippen LogP contribution is 2.37. The fraction of sp³-hybridized carbons (Fsp3) is 0.882. The van der Waals surface area contributed by atoms with Crippen molar-refractivity contribution < 1.29 is 0 Å². The van der Waals surface area contributed by atoms with Crippen molar-refractivity contribution in [2.45, 2.75) is 84.6 Å². The van der Waals surface area contributed by atoms with Crippen molar-refractivity contribution in [1.82, 2.24) is 0 Å². The second-order valence-corrected chi connectivity index (χ2v) is 6.87. The Labute approximate surface area is 114 Å². The van der Waals surface area contributed by atoms with Crippen molar-refractivity contribution >= 4 is 0 Å². The second-order valence-electron chi connectivity index (χ2n) is 6.87. The zero-order valence-corrected chi connectivity index (χ0v) is 12.8. The quantitative estimate of drug-likeness (QED) is 0.497. The average Bonchev–Trinajstić information content (AvgIpc) is 2.29. The molecule has 0 heterocycles. The van der Waals surface area contributed by atoms with Crippen LogP contribution in [0.3, 0.4) is 0 Å². The van der Waals surface area contributed by atoms with Crippen LogP contribution < -0.4 is 5.73 Å². The highest BCUT2D eigenvalue weighted by Gasteiger charge is 2.31. The van der Waals surface area contributed by atoms with Crippen LogP contribution >= 0.6 is 0 Å². The molecule has 1 saturated carbocycles. The summed E-state index contributed by atoms with van der Waals surface area (Å²) in [5, 5.41) is 0. The monoisotopic (exact) mass is 251 g/mol.